The van der Waals surface area contributed by atoms with Crippen molar-refractivity contribution in [2.75, 3.05) is 13.1 Å². The summed E-state index contributed by atoms with van der Waals surface area (Å²) in [7, 11) is 3.17. The number of hydrogen-bond acceptors (Lipinski definition) is 4. The van der Waals surface area contributed by atoms with Crippen LogP contribution >= 0.6 is 11.6 Å². The SMILES string of the molecule is C[C@H]1C[C@H](C)CN(Cc2nc3c(c(=O)n(C)c(=O)n3C)n2Cc2cccc(Cl)c2)C1. The van der Waals surface area contributed by atoms with Crippen molar-refractivity contribution in [3.8, 4) is 0 Å². The maximum atomic E-state index is 13.0. The minimum Gasteiger partial charge on any atom is -0.317 e. The van der Waals surface area contributed by atoms with Gasteiger partial charge in [0.2, 0.25) is 0 Å². The van der Waals surface area contributed by atoms with Gasteiger partial charge in [0, 0.05) is 38.8 Å². The molecule has 30 heavy (non-hydrogen) atoms. The standard InChI is InChI=1S/C22H28ClN5O2/c1-14-8-15(2)11-27(10-14)13-18-24-20-19(21(29)26(4)22(30)25(20)3)28(18)12-16-6-5-7-17(23)9-16/h5-7,9,14-15H,8,10-13H2,1-4H3/t14-,15-/m0/s1. The normalized spacial score (nSPS) is 20.2. The second kappa shape index (κ2) is 8.04. The van der Waals surface area contributed by atoms with Crippen LogP contribution in [-0.4, -0.2) is 36.7 Å². The zero-order valence-corrected chi connectivity index (χ0v) is 18.7. The number of fused-ring (bicyclic) bond motifs is 1. The third-order valence-corrected chi connectivity index (χ3v) is 6.20. The molecule has 2 atom stereocenters. The van der Waals surface area contributed by atoms with Gasteiger partial charge in [0.05, 0.1) is 6.54 Å². The van der Waals surface area contributed by atoms with Crippen LogP contribution in [0.3, 0.4) is 0 Å². The number of halogens is 1. The maximum Gasteiger partial charge on any atom is 0.332 e. The number of benzene rings is 1. The second-order valence-electron chi connectivity index (χ2n) is 8.76. The molecule has 1 aromatic carbocycles. The van der Waals surface area contributed by atoms with Crippen LogP contribution in [0.1, 0.15) is 31.7 Å². The van der Waals surface area contributed by atoms with Crippen LogP contribution in [0.5, 0.6) is 0 Å². The van der Waals surface area contributed by atoms with E-state index in [0.717, 1.165) is 29.0 Å². The van der Waals surface area contributed by atoms with Crippen molar-refractivity contribution < 1.29 is 0 Å². The average molecular weight is 430 g/mol. The van der Waals surface area contributed by atoms with Crippen molar-refractivity contribution in [3.63, 3.8) is 0 Å². The summed E-state index contributed by atoms with van der Waals surface area (Å²) in [6.07, 6.45) is 1.23. The van der Waals surface area contributed by atoms with Crippen LogP contribution in [0.25, 0.3) is 11.2 Å². The molecule has 8 heteroatoms. The number of piperidine rings is 1. The summed E-state index contributed by atoms with van der Waals surface area (Å²) in [5, 5.41) is 0.650. The Balaban J connectivity index is 1.86. The van der Waals surface area contributed by atoms with E-state index in [0.29, 0.717) is 41.1 Å². The van der Waals surface area contributed by atoms with Gasteiger partial charge >= 0.3 is 5.69 Å². The molecule has 160 valence electrons. The quantitative estimate of drug-likeness (QED) is 0.639. The molecule has 0 radical (unpaired) electrons. The zero-order chi connectivity index (χ0) is 21.6. The van der Waals surface area contributed by atoms with Crippen molar-refractivity contribution in [1.82, 2.24) is 23.6 Å². The van der Waals surface area contributed by atoms with Crippen LogP contribution in [0.15, 0.2) is 33.9 Å². The molecule has 3 aromatic rings. The molecule has 0 bridgehead atoms. The van der Waals surface area contributed by atoms with Crippen molar-refractivity contribution in [2.45, 2.75) is 33.4 Å². The third kappa shape index (κ3) is 3.84. The predicted octanol–water partition coefficient (Wildman–Crippen LogP) is 2.61. The van der Waals surface area contributed by atoms with Crippen molar-refractivity contribution in [3.05, 3.63) is 61.5 Å². The van der Waals surface area contributed by atoms with E-state index in [4.69, 9.17) is 16.6 Å². The van der Waals surface area contributed by atoms with Gasteiger partial charge in [-0.3, -0.25) is 18.8 Å². The Morgan fingerprint density at radius 1 is 1.07 bits per heavy atom. The van der Waals surface area contributed by atoms with Gasteiger partial charge in [0.15, 0.2) is 11.2 Å². The fourth-order valence-electron chi connectivity index (χ4n) is 4.72. The van der Waals surface area contributed by atoms with E-state index in [2.05, 4.69) is 18.7 Å². The molecule has 4 rings (SSSR count). The van der Waals surface area contributed by atoms with Crippen LogP contribution in [0, 0.1) is 11.8 Å². The molecule has 0 aliphatic carbocycles. The average Bonchev–Trinajstić information content (AvgIpc) is 3.02. The molecule has 1 aliphatic rings. The molecule has 1 aliphatic heterocycles. The number of likely N-dealkylation sites (tertiary alicyclic amines) is 1. The fraction of sp³-hybridized carbons (Fsp3) is 0.500. The van der Waals surface area contributed by atoms with Crippen LogP contribution in [0.2, 0.25) is 5.02 Å². The first-order valence-corrected chi connectivity index (χ1v) is 10.7. The van der Waals surface area contributed by atoms with Gasteiger partial charge in [-0.15, -0.1) is 0 Å². The van der Waals surface area contributed by atoms with E-state index in [-0.39, 0.29) is 11.2 Å². The fourth-order valence-corrected chi connectivity index (χ4v) is 4.93. The highest BCUT2D eigenvalue weighted by Crippen LogP contribution is 2.24. The molecule has 0 unspecified atom stereocenters. The Labute approximate surface area is 180 Å². The minimum atomic E-state index is -0.369. The van der Waals surface area contributed by atoms with Crippen LogP contribution in [-0.2, 0) is 27.2 Å². The predicted molar refractivity (Wildman–Crippen MR) is 119 cm³/mol. The first-order chi connectivity index (χ1) is 14.2. The number of nitrogens with zero attached hydrogens (tertiary/aromatic N) is 5. The monoisotopic (exact) mass is 429 g/mol. The lowest BCUT2D eigenvalue weighted by Gasteiger charge is -2.34. The summed E-state index contributed by atoms with van der Waals surface area (Å²) in [4.78, 5) is 32.7. The number of hydrogen-bond donors (Lipinski definition) is 0. The first kappa shape index (κ1) is 20.9. The molecule has 0 saturated carbocycles. The topological polar surface area (TPSA) is 65.1 Å². The van der Waals surface area contributed by atoms with E-state index >= 15 is 0 Å². The summed E-state index contributed by atoms with van der Waals surface area (Å²) < 4.78 is 4.55. The molecular weight excluding hydrogens is 402 g/mol. The summed E-state index contributed by atoms with van der Waals surface area (Å²) >= 11 is 6.19. The van der Waals surface area contributed by atoms with Gasteiger partial charge in [-0.25, -0.2) is 9.78 Å². The largest absolute Gasteiger partial charge is 0.332 e. The Hall–Kier alpha value is -2.38. The van der Waals surface area contributed by atoms with E-state index in [9.17, 15) is 9.59 Å². The highest BCUT2D eigenvalue weighted by atomic mass is 35.5. The maximum absolute atomic E-state index is 13.0. The van der Waals surface area contributed by atoms with Gasteiger partial charge in [0.25, 0.3) is 5.56 Å². The Bertz CT molecular complexity index is 1200. The van der Waals surface area contributed by atoms with Crippen LogP contribution in [0.4, 0.5) is 0 Å². The number of aromatic nitrogens is 4. The van der Waals surface area contributed by atoms with Gasteiger partial charge in [0.1, 0.15) is 5.82 Å². The highest BCUT2D eigenvalue weighted by Gasteiger charge is 2.25. The Morgan fingerprint density at radius 2 is 1.77 bits per heavy atom. The number of aryl methyl sites for hydroxylation is 1. The molecule has 7 nitrogen and oxygen atoms in total. The summed E-state index contributed by atoms with van der Waals surface area (Å²) in [6, 6.07) is 7.61. The van der Waals surface area contributed by atoms with Crippen molar-refractivity contribution >= 4 is 22.8 Å². The van der Waals surface area contributed by atoms with Crippen molar-refractivity contribution in [2.24, 2.45) is 25.9 Å². The molecule has 0 spiro atoms. The molecular formula is C22H28ClN5O2. The molecule has 3 heterocycles. The van der Waals surface area contributed by atoms with Gasteiger partial charge < -0.3 is 4.57 Å². The molecule has 0 N–H and O–H groups in total. The molecule has 1 fully saturated rings. The van der Waals surface area contributed by atoms with Crippen molar-refractivity contribution in [1.29, 1.82) is 0 Å². The Morgan fingerprint density at radius 3 is 2.43 bits per heavy atom. The number of imidazole rings is 1. The Kier molecular flexibility index (Phi) is 5.59. The van der Waals surface area contributed by atoms with Crippen LogP contribution < -0.4 is 11.2 Å². The lowest BCUT2D eigenvalue weighted by atomic mass is 9.92. The second-order valence-corrected chi connectivity index (χ2v) is 9.20. The van der Waals surface area contributed by atoms with E-state index < -0.39 is 0 Å². The summed E-state index contributed by atoms with van der Waals surface area (Å²) in [5.74, 6) is 2.04. The lowest BCUT2D eigenvalue weighted by Crippen LogP contribution is -2.39. The summed E-state index contributed by atoms with van der Waals surface area (Å²) in [6.45, 7) is 7.66. The summed E-state index contributed by atoms with van der Waals surface area (Å²) in [5.41, 5.74) is 1.17. The van der Waals surface area contributed by atoms with E-state index in [1.807, 2.05) is 28.8 Å². The molecule has 0 amide bonds. The van der Waals surface area contributed by atoms with Gasteiger partial charge in [-0.1, -0.05) is 37.6 Å². The smallest absolute Gasteiger partial charge is 0.317 e. The van der Waals surface area contributed by atoms with Gasteiger partial charge in [-0.05, 0) is 36.0 Å². The van der Waals surface area contributed by atoms with E-state index in [1.165, 1.54) is 18.0 Å². The molecule has 1 saturated heterocycles. The minimum absolute atomic E-state index is 0.325. The zero-order valence-electron chi connectivity index (χ0n) is 17.9. The number of rotatable bonds is 4. The third-order valence-electron chi connectivity index (χ3n) is 5.97. The molecule has 2 aromatic heterocycles. The van der Waals surface area contributed by atoms with Gasteiger partial charge in [-0.2, -0.15) is 0 Å². The van der Waals surface area contributed by atoms with E-state index in [1.54, 1.807) is 7.05 Å². The highest BCUT2D eigenvalue weighted by molar-refractivity contribution is 6.30. The lowest BCUT2D eigenvalue weighted by molar-refractivity contribution is 0.130. The first-order valence-electron chi connectivity index (χ1n) is 10.4.